The van der Waals surface area contributed by atoms with E-state index in [1.165, 1.54) is 19.3 Å². The lowest BCUT2D eigenvalue weighted by Crippen LogP contribution is -2.64. The van der Waals surface area contributed by atoms with Crippen LogP contribution in [-0.4, -0.2) is 98.0 Å². The summed E-state index contributed by atoms with van der Waals surface area (Å²) in [7, 11) is 0. The number of rotatable bonds is 10. The minimum atomic E-state index is -1.58. The molecule has 218 valence electrons. The van der Waals surface area contributed by atoms with Crippen molar-refractivity contribution in [2.75, 3.05) is 13.2 Å². The Hall–Kier alpha value is -3.72. The Morgan fingerprint density at radius 2 is 1.08 bits per heavy atom. The number of hydrogen-bond acceptors (Lipinski definition) is 15. The summed E-state index contributed by atoms with van der Waals surface area (Å²) >= 11 is 0. The summed E-state index contributed by atoms with van der Waals surface area (Å²) in [6.07, 6.45) is -7.97. The Labute approximate surface area is 223 Å². The van der Waals surface area contributed by atoms with Crippen molar-refractivity contribution >= 4 is 35.8 Å². The van der Waals surface area contributed by atoms with E-state index in [2.05, 4.69) is 0 Å². The lowest BCUT2D eigenvalue weighted by Gasteiger charge is -2.46. The molecule has 0 radical (unpaired) electrons. The summed E-state index contributed by atoms with van der Waals surface area (Å²) in [5.74, 6) is -4.43. The van der Waals surface area contributed by atoms with Crippen LogP contribution in [0.4, 0.5) is 0 Å². The van der Waals surface area contributed by atoms with Crippen LogP contribution in [0.5, 0.6) is 0 Å². The van der Waals surface area contributed by atoms with E-state index in [4.69, 9.17) is 42.6 Å². The van der Waals surface area contributed by atoms with Crippen LogP contribution in [-0.2, 0) is 71.4 Å². The van der Waals surface area contributed by atoms with Crippen molar-refractivity contribution in [3.8, 4) is 0 Å². The molecule has 0 aromatic rings. The Morgan fingerprint density at radius 3 is 1.59 bits per heavy atom. The molecule has 0 aromatic heterocycles. The number of ether oxygens (including phenoxy) is 9. The van der Waals surface area contributed by atoms with Crippen LogP contribution in [0.15, 0.2) is 12.3 Å². The Balaban J connectivity index is 2.52. The van der Waals surface area contributed by atoms with Crippen LogP contribution >= 0.6 is 0 Å². The number of carbonyl (C=O) groups is 6. The second-order valence-electron chi connectivity index (χ2n) is 8.55. The van der Waals surface area contributed by atoms with E-state index < -0.39 is 91.4 Å². The van der Waals surface area contributed by atoms with Crippen molar-refractivity contribution in [1.29, 1.82) is 0 Å². The maximum Gasteiger partial charge on any atom is 0.303 e. The fraction of sp³-hybridized carbons (Fsp3) is 0.667. The number of esters is 6. The summed E-state index contributed by atoms with van der Waals surface area (Å²) in [4.78, 5) is 70.6. The standard InChI is InChI=1S/C24H32O15/c1-11(25)32-9-18-20(17(7-8-31-18)34-13(3)27)39-24-23(37-16(6)30)22(36-15(5)29)21(35-14(4)28)19(38-24)10-33-12(2)26/h7-8,17-24H,9-10H2,1-6H3/t17-,18-,19-,20-,21-,22+,23-,24+/m1/s1. The normalized spacial score (nSPS) is 29.7. The lowest BCUT2D eigenvalue weighted by molar-refractivity contribution is -0.328. The smallest absolute Gasteiger partial charge is 0.303 e. The maximum absolute atomic E-state index is 12.0. The predicted octanol–water partition coefficient (Wildman–Crippen LogP) is -0.138. The van der Waals surface area contributed by atoms with Gasteiger partial charge in [-0.15, -0.1) is 0 Å². The van der Waals surface area contributed by atoms with Gasteiger partial charge in [-0.3, -0.25) is 28.8 Å². The summed E-state index contributed by atoms with van der Waals surface area (Å²) in [6, 6.07) is 0. The monoisotopic (exact) mass is 560 g/mol. The molecule has 15 nitrogen and oxygen atoms in total. The van der Waals surface area contributed by atoms with Crippen LogP contribution in [0, 0.1) is 0 Å². The Bertz CT molecular complexity index is 959. The summed E-state index contributed by atoms with van der Waals surface area (Å²) in [6.45, 7) is 5.92. The van der Waals surface area contributed by atoms with E-state index >= 15 is 0 Å². The molecule has 0 saturated carbocycles. The third-order valence-corrected chi connectivity index (χ3v) is 5.20. The van der Waals surface area contributed by atoms with Crippen LogP contribution in [0.25, 0.3) is 0 Å². The molecule has 2 aliphatic heterocycles. The van der Waals surface area contributed by atoms with Gasteiger partial charge in [-0.1, -0.05) is 0 Å². The Kier molecular flexibility index (Phi) is 11.7. The summed E-state index contributed by atoms with van der Waals surface area (Å²) in [5.41, 5.74) is 0. The average Bonchev–Trinajstić information content (AvgIpc) is 2.80. The van der Waals surface area contributed by atoms with Gasteiger partial charge >= 0.3 is 35.8 Å². The predicted molar refractivity (Wildman–Crippen MR) is 123 cm³/mol. The van der Waals surface area contributed by atoms with Gasteiger partial charge in [0.15, 0.2) is 36.8 Å². The van der Waals surface area contributed by atoms with Crippen LogP contribution in [0.3, 0.4) is 0 Å². The van der Waals surface area contributed by atoms with Crippen molar-refractivity contribution in [2.45, 2.75) is 90.6 Å². The molecule has 8 atom stereocenters. The van der Waals surface area contributed by atoms with Gasteiger partial charge in [-0.25, -0.2) is 0 Å². The van der Waals surface area contributed by atoms with Gasteiger partial charge in [-0.2, -0.15) is 0 Å². The minimum Gasteiger partial charge on any atom is -0.492 e. The SMILES string of the molecule is CC(=O)OC[C@H]1OC=C[C@@H](OC(C)=O)[C@H]1O[C@@H]1O[C@H](COC(C)=O)[C@@H](OC(C)=O)[C@H](OC(C)=O)[C@H]1OC(C)=O. The van der Waals surface area contributed by atoms with Crippen molar-refractivity contribution in [3.05, 3.63) is 12.3 Å². The van der Waals surface area contributed by atoms with E-state index in [-0.39, 0.29) is 6.61 Å². The van der Waals surface area contributed by atoms with E-state index in [1.54, 1.807) is 0 Å². The van der Waals surface area contributed by atoms with Gasteiger partial charge in [0.1, 0.15) is 25.4 Å². The van der Waals surface area contributed by atoms with Crippen LogP contribution < -0.4 is 0 Å². The first kappa shape index (κ1) is 31.5. The van der Waals surface area contributed by atoms with Crippen LogP contribution in [0.1, 0.15) is 41.5 Å². The highest BCUT2D eigenvalue weighted by molar-refractivity contribution is 5.69. The molecular weight excluding hydrogens is 528 g/mol. The van der Waals surface area contributed by atoms with Crippen molar-refractivity contribution in [3.63, 3.8) is 0 Å². The van der Waals surface area contributed by atoms with Gasteiger partial charge in [0.05, 0.1) is 6.26 Å². The maximum atomic E-state index is 12.0. The quantitative estimate of drug-likeness (QED) is 0.254. The van der Waals surface area contributed by atoms with Gasteiger partial charge < -0.3 is 42.6 Å². The number of carbonyl (C=O) groups excluding carboxylic acids is 6. The average molecular weight is 561 g/mol. The fourth-order valence-electron chi connectivity index (χ4n) is 3.87. The second kappa shape index (κ2) is 14.4. The first-order valence-corrected chi connectivity index (χ1v) is 11.9. The van der Waals surface area contributed by atoms with Gasteiger partial charge in [0.2, 0.25) is 0 Å². The highest BCUT2D eigenvalue weighted by Gasteiger charge is 2.54. The molecule has 0 bridgehead atoms. The molecule has 0 aliphatic carbocycles. The lowest BCUT2D eigenvalue weighted by atomic mass is 9.97. The molecule has 0 amide bonds. The third kappa shape index (κ3) is 9.83. The molecule has 0 unspecified atom stereocenters. The third-order valence-electron chi connectivity index (χ3n) is 5.20. The summed E-state index contributed by atoms with van der Waals surface area (Å²) < 4.78 is 49.0. The molecule has 2 aliphatic rings. The molecule has 39 heavy (non-hydrogen) atoms. The van der Waals surface area contributed by atoms with E-state index in [0.717, 1.165) is 34.6 Å². The zero-order valence-electron chi connectivity index (χ0n) is 22.3. The molecule has 1 saturated heterocycles. The van der Waals surface area contributed by atoms with E-state index in [0.29, 0.717) is 0 Å². The molecule has 0 N–H and O–H groups in total. The van der Waals surface area contributed by atoms with Gasteiger partial charge in [0.25, 0.3) is 0 Å². The van der Waals surface area contributed by atoms with Gasteiger partial charge in [-0.05, 0) is 6.08 Å². The van der Waals surface area contributed by atoms with Gasteiger partial charge in [0, 0.05) is 41.5 Å². The van der Waals surface area contributed by atoms with E-state index in [1.807, 2.05) is 0 Å². The minimum absolute atomic E-state index is 0.326. The van der Waals surface area contributed by atoms with E-state index in [9.17, 15) is 28.8 Å². The zero-order chi connectivity index (χ0) is 29.3. The molecule has 2 rings (SSSR count). The zero-order valence-corrected chi connectivity index (χ0v) is 22.3. The highest BCUT2D eigenvalue weighted by Crippen LogP contribution is 2.32. The largest absolute Gasteiger partial charge is 0.492 e. The summed E-state index contributed by atoms with van der Waals surface area (Å²) in [5, 5.41) is 0. The Morgan fingerprint density at radius 1 is 0.590 bits per heavy atom. The molecular formula is C24H32O15. The first-order chi connectivity index (χ1) is 18.3. The van der Waals surface area contributed by atoms with Crippen molar-refractivity contribution in [2.24, 2.45) is 0 Å². The highest BCUT2D eigenvalue weighted by atomic mass is 16.7. The van der Waals surface area contributed by atoms with Crippen molar-refractivity contribution < 1.29 is 71.4 Å². The molecule has 2 heterocycles. The molecule has 15 heteroatoms. The molecule has 0 aromatic carbocycles. The second-order valence-corrected chi connectivity index (χ2v) is 8.55. The molecule has 1 fully saturated rings. The van der Waals surface area contributed by atoms with Crippen molar-refractivity contribution in [1.82, 2.24) is 0 Å². The fourth-order valence-corrected chi connectivity index (χ4v) is 3.87. The number of hydrogen-bond donors (Lipinski definition) is 0. The topological polar surface area (TPSA) is 185 Å². The first-order valence-electron chi connectivity index (χ1n) is 11.9. The van der Waals surface area contributed by atoms with Crippen LogP contribution in [0.2, 0.25) is 0 Å². The molecule has 0 spiro atoms.